The number of ether oxygens (including phenoxy) is 3. The third-order valence-corrected chi connectivity index (χ3v) is 20.9. The van der Waals surface area contributed by atoms with Gasteiger partial charge in [-0.05, 0) is 57.8 Å². The first-order valence-corrected chi connectivity index (χ1v) is 21.3. The highest BCUT2D eigenvalue weighted by atomic mass is 28.4. The van der Waals surface area contributed by atoms with E-state index in [0.717, 1.165) is 55.0 Å². The van der Waals surface area contributed by atoms with E-state index in [-0.39, 0.29) is 28.5 Å². The van der Waals surface area contributed by atoms with Crippen molar-refractivity contribution < 1.29 is 27.5 Å². The molecule has 0 spiro atoms. The minimum atomic E-state index is -2.60. The topological polar surface area (TPSA) is 55.4 Å². The summed E-state index contributed by atoms with van der Waals surface area (Å²) >= 11 is 0. The van der Waals surface area contributed by atoms with Crippen molar-refractivity contribution >= 4 is 37.4 Å². The fraction of sp³-hybridized carbons (Fsp3) is 1.00. The maximum atomic E-state index is 7.13. The molecule has 0 aromatic rings. The minimum Gasteiger partial charge on any atom is -0.379 e. The Kier molecular flexibility index (Phi) is 11.9. The molecular weight excluding hydrogens is 509 g/mol. The summed E-state index contributed by atoms with van der Waals surface area (Å²) < 4.78 is 38.5. The second-order valence-electron chi connectivity index (χ2n) is 11.5. The minimum absolute atomic E-state index is 0. The summed E-state index contributed by atoms with van der Waals surface area (Å²) in [6.45, 7) is 10.3. The molecule has 0 aromatic heterocycles. The van der Waals surface area contributed by atoms with Crippen LogP contribution in [0, 0.1) is 5.41 Å². The van der Waals surface area contributed by atoms with Crippen LogP contribution in [0.3, 0.4) is 0 Å². The van der Waals surface area contributed by atoms with Gasteiger partial charge in [0.15, 0.2) is 0 Å². The molecule has 3 aliphatic heterocycles. The Morgan fingerprint density at radius 3 is 1.83 bits per heavy atom. The van der Waals surface area contributed by atoms with Crippen LogP contribution >= 0.6 is 0 Å². The summed E-state index contributed by atoms with van der Waals surface area (Å²) in [4.78, 5) is 0. The number of rotatable bonds is 11. The summed E-state index contributed by atoms with van der Waals surface area (Å²) in [5, 5.41) is -0.288. The number of hydrogen-bond donors (Lipinski definition) is 0. The quantitative estimate of drug-likeness (QED) is 0.359. The lowest BCUT2D eigenvalue weighted by Gasteiger charge is -2.68. The first kappa shape index (κ1) is 31.8. The van der Waals surface area contributed by atoms with Crippen LogP contribution < -0.4 is 0 Å². The van der Waals surface area contributed by atoms with E-state index in [1.54, 1.807) is 21.3 Å². The van der Waals surface area contributed by atoms with Gasteiger partial charge < -0.3 is 27.5 Å². The smallest absolute Gasteiger partial charge is 0.379 e. The zero-order chi connectivity index (χ0) is 24.9. The van der Waals surface area contributed by atoms with E-state index in [9.17, 15) is 0 Å². The Morgan fingerprint density at radius 2 is 1.40 bits per heavy atom. The summed E-state index contributed by atoms with van der Waals surface area (Å²) in [6.07, 6.45) is 10.8. The lowest BCUT2D eigenvalue weighted by Crippen LogP contribution is -2.79. The Bertz CT molecular complexity index is 621. The van der Waals surface area contributed by atoms with Crippen LogP contribution in [-0.4, -0.2) is 94.2 Å². The first-order chi connectivity index (χ1) is 16.2. The third-order valence-electron chi connectivity index (χ3n) is 9.87. The fourth-order valence-electron chi connectivity index (χ4n) is 7.73. The molecule has 0 amide bonds. The molecule has 3 rings (SSSR count). The van der Waals surface area contributed by atoms with E-state index in [4.69, 9.17) is 27.5 Å². The normalized spacial score (nSPS) is 34.7. The Hall–Kier alpha value is 0.628. The molecule has 0 N–H and O–H groups in total. The molecule has 208 valence electrons. The summed E-state index contributed by atoms with van der Waals surface area (Å²) in [6, 6.07) is 1.97. The maximum Gasteiger partial charge on any atom is 0.499 e. The molecule has 6 nitrogen and oxygen atoms in total. The van der Waals surface area contributed by atoms with Gasteiger partial charge in [-0.1, -0.05) is 33.5 Å². The molecule has 0 saturated carbocycles. The van der Waals surface area contributed by atoms with Crippen LogP contribution in [0.15, 0.2) is 0 Å². The summed E-state index contributed by atoms with van der Waals surface area (Å²) in [7, 11) is 1.69. The lowest BCUT2D eigenvalue weighted by atomic mass is 9.66. The van der Waals surface area contributed by atoms with Gasteiger partial charge in [-0.15, -0.1) is 0 Å². The van der Waals surface area contributed by atoms with E-state index in [2.05, 4.69) is 20.0 Å². The van der Waals surface area contributed by atoms with Crippen molar-refractivity contribution in [2.45, 2.75) is 113 Å². The maximum absolute atomic E-state index is 7.13. The lowest BCUT2D eigenvalue weighted by molar-refractivity contribution is -0.257. The van der Waals surface area contributed by atoms with E-state index < -0.39 is 27.1 Å². The van der Waals surface area contributed by atoms with Crippen LogP contribution in [-0.2, 0) is 27.5 Å². The zero-order valence-electron chi connectivity index (χ0n) is 23.1. The van der Waals surface area contributed by atoms with Crippen LogP contribution in [0.1, 0.15) is 72.1 Å². The van der Waals surface area contributed by atoms with Crippen LogP contribution in [0.2, 0.25) is 25.2 Å². The highest BCUT2D eigenvalue weighted by Gasteiger charge is 2.70. The van der Waals surface area contributed by atoms with Crippen molar-refractivity contribution in [3.05, 3.63) is 0 Å². The molecule has 3 aliphatic rings. The van der Waals surface area contributed by atoms with Crippen molar-refractivity contribution in [3.63, 3.8) is 0 Å². The van der Waals surface area contributed by atoms with Gasteiger partial charge in [0.2, 0.25) is 0 Å². The molecule has 4 atom stereocenters. The Labute approximate surface area is 224 Å². The second-order valence-corrected chi connectivity index (χ2v) is 21.8. The van der Waals surface area contributed by atoms with Gasteiger partial charge in [0.1, 0.15) is 0 Å². The molecule has 3 saturated heterocycles. The predicted molar refractivity (Wildman–Crippen MR) is 156 cm³/mol. The monoisotopic (exact) mass is 564 g/mol. The first-order valence-electron chi connectivity index (χ1n) is 13.8. The van der Waals surface area contributed by atoms with Crippen LogP contribution in [0.5, 0.6) is 0 Å². The molecule has 3 heterocycles. The Morgan fingerprint density at radius 1 is 0.857 bits per heavy atom. The van der Waals surface area contributed by atoms with Gasteiger partial charge >= 0.3 is 8.80 Å². The highest BCUT2D eigenvalue weighted by Crippen LogP contribution is 2.61. The van der Waals surface area contributed by atoms with Crippen molar-refractivity contribution in [2.24, 2.45) is 5.41 Å². The molecule has 10 heteroatoms. The zero-order valence-corrected chi connectivity index (χ0v) is 28.7. The van der Waals surface area contributed by atoms with Crippen LogP contribution in [0.25, 0.3) is 0 Å². The van der Waals surface area contributed by atoms with Gasteiger partial charge in [0, 0.05) is 62.9 Å². The molecule has 0 aliphatic carbocycles. The average Bonchev–Trinajstić information content (AvgIpc) is 2.87. The summed E-state index contributed by atoms with van der Waals surface area (Å²) in [5.41, 5.74) is -0.107. The largest absolute Gasteiger partial charge is 0.499 e. The van der Waals surface area contributed by atoms with Gasteiger partial charge in [0.05, 0.1) is 34.0 Å². The molecular formula is C25H56O6Si4. The predicted octanol–water partition coefficient (Wildman–Crippen LogP) is 3.22. The average molecular weight is 565 g/mol. The van der Waals surface area contributed by atoms with Gasteiger partial charge in [-0.2, -0.15) is 0 Å². The van der Waals surface area contributed by atoms with Gasteiger partial charge in [-0.25, -0.2) is 0 Å². The van der Waals surface area contributed by atoms with Crippen molar-refractivity contribution in [2.75, 3.05) is 41.2 Å². The summed E-state index contributed by atoms with van der Waals surface area (Å²) in [5.74, 6) is 0. The number of hydrogen-bond acceptors (Lipinski definition) is 6. The standard InChI is InChI=1S/C24H52O6Si4.CH4/c1-21(22(31)13-7-10-16-28-22,24(33(5)6)15-9-12-18-30-24)23(14-8-11-17-29-23)32-19-20-34(25-2,26-3)27-4;/h33H,7-20,32H2,1-6,31H3;1H4. The highest BCUT2D eigenvalue weighted by molar-refractivity contribution is 6.62. The molecule has 0 radical (unpaired) electrons. The fourth-order valence-corrected chi connectivity index (χ4v) is 19.1. The van der Waals surface area contributed by atoms with E-state index in [0.29, 0.717) is 0 Å². The van der Waals surface area contributed by atoms with E-state index in [1.807, 2.05) is 0 Å². The van der Waals surface area contributed by atoms with Crippen molar-refractivity contribution in [1.29, 1.82) is 0 Å². The van der Waals surface area contributed by atoms with Gasteiger partial charge in [0.25, 0.3) is 0 Å². The third kappa shape index (κ3) is 5.67. The molecule has 3 fully saturated rings. The molecule has 4 unspecified atom stereocenters. The van der Waals surface area contributed by atoms with E-state index in [1.165, 1.54) is 44.9 Å². The van der Waals surface area contributed by atoms with Crippen molar-refractivity contribution in [1.82, 2.24) is 0 Å². The van der Waals surface area contributed by atoms with Crippen molar-refractivity contribution in [3.8, 4) is 0 Å². The molecule has 35 heavy (non-hydrogen) atoms. The second kappa shape index (κ2) is 13.1. The SMILES string of the molecule is C.CO[Si](CC[SiH2]C1(C(C)(C2([SiH3])CCCCO2)C2([SiH](C)C)CCCCO2)CCCCO1)(OC)OC. The van der Waals surface area contributed by atoms with Gasteiger partial charge in [-0.3, -0.25) is 0 Å². The van der Waals surface area contributed by atoms with E-state index >= 15 is 0 Å². The molecule has 0 bridgehead atoms. The van der Waals surface area contributed by atoms with Crippen LogP contribution in [0.4, 0.5) is 0 Å². The Balaban J connectivity index is 0.00000432. The molecule has 0 aromatic carbocycles.